The fraction of sp³-hybridized carbons (Fsp3) is 0.571. The monoisotopic (exact) mass is 285 g/mol. The molecule has 0 bridgehead atoms. The Labute approximate surface area is 83.2 Å². The highest BCUT2D eigenvalue weighted by Gasteiger charge is 2.20. The van der Waals surface area contributed by atoms with Gasteiger partial charge < -0.3 is 0 Å². The van der Waals surface area contributed by atoms with Gasteiger partial charge in [0.15, 0.2) is 0 Å². The average Bonchev–Trinajstić information content (AvgIpc) is 2.11. The molecule has 0 fully saturated rings. The highest BCUT2D eigenvalue weighted by atomic mass is 127. The van der Waals surface area contributed by atoms with E-state index < -0.39 is 0 Å². The van der Waals surface area contributed by atoms with Crippen molar-refractivity contribution in [1.82, 2.24) is 4.98 Å². The molecule has 1 nitrogen and oxygen atoms in total. The van der Waals surface area contributed by atoms with Crippen molar-refractivity contribution in [3.8, 4) is 0 Å². The molecule has 1 rings (SSSR count). The van der Waals surface area contributed by atoms with Crippen LogP contribution in [0.4, 0.5) is 4.39 Å². The van der Waals surface area contributed by atoms with Crippen LogP contribution < -0.4 is 0 Å². The molecule has 0 saturated carbocycles. The van der Waals surface area contributed by atoms with Gasteiger partial charge in [0.2, 0.25) is 5.13 Å². The summed E-state index contributed by atoms with van der Waals surface area (Å²) in [7, 11) is 0. The van der Waals surface area contributed by atoms with Gasteiger partial charge >= 0.3 is 0 Å². The van der Waals surface area contributed by atoms with E-state index in [9.17, 15) is 4.39 Å². The van der Waals surface area contributed by atoms with Crippen LogP contribution >= 0.6 is 33.9 Å². The first-order valence-corrected chi connectivity index (χ1v) is 5.13. The van der Waals surface area contributed by atoms with Crippen LogP contribution in [0.2, 0.25) is 0 Å². The molecule has 1 heterocycles. The number of aromatic nitrogens is 1. The van der Waals surface area contributed by atoms with Gasteiger partial charge in [-0.15, -0.1) is 0 Å². The van der Waals surface area contributed by atoms with Crippen LogP contribution in [0.5, 0.6) is 0 Å². The van der Waals surface area contributed by atoms with Crippen LogP contribution in [-0.2, 0) is 5.41 Å². The van der Waals surface area contributed by atoms with Crippen molar-refractivity contribution in [3.63, 3.8) is 0 Å². The van der Waals surface area contributed by atoms with Crippen molar-refractivity contribution in [2.75, 3.05) is 0 Å². The van der Waals surface area contributed by atoms with Crippen LogP contribution in [-0.4, -0.2) is 4.98 Å². The predicted molar refractivity (Wildman–Crippen MR) is 53.5 cm³/mol. The number of thiazole rings is 1. The summed E-state index contributed by atoms with van der Waals surface area (Å²) in [4.78, 5) is 4.11. The first kappa shape index (κ1) is 9.38. The summed E-state index contributed by atoms with van der Waals surface area (Å²) in [5.74, 6) is 0. The molecule has 62 valence electrons. The maximum absolute atomic E-state index is 12.8. The number of hydrogen-bond donors (Lipinski definition) is 0. The highest BCUT2D eigenvalue weighted by molar-refractivity contribution is 14.1. The molecule has 1 aromatic heterocycles. The first-order valence-electron chi connectivity index (χ1n) is 3.23. The Kier molecular flexibility index (Phi) is 2.53. The van der Waals surface area contributed by atoms with Crippen LogP contribution in [0.15, 0.2) is 0 Å². The third kappa shape index (κ3) is 2.11. The molecule has 11 heavy (non-hydrogen) atoms. The lowest BCUT2D eigenvalue weighted by atomic mass is 9.98. The lowest BCUT2D eigenvalue weighted by Crippen LogP contribution is -2.10. The number of nitrogens with zero attached hydrogens (tertiary/aromatic N) is 1. The second-order valence-corrected chi connectivity index (χ2v) is 5.30. The molecule has 0 atom stereocenters. The van der Waals surface area contributed by atoms with Gasteiger partial charge in [0.05, 0.1) is 0 Å². The van der Waals surface area contributed by atoms with Crippen molar-refractivity contribution in [2.45, 2.75) is 26.2 Å². The van der Waals surface area contributed by atoms with Gasteiger partial charge in [-0.3, -0.25) is 0 Å². The summed E-state index contributed by atoms with van der Waals surface area (Å²) in [6.45, 7) is 6.09. The van der Waals surface area contributed by atoms with Gasteiger partial charge in [0.1, 0.15) is 8.71 Å². The second-order valence-electron chi connectivity index (χ2n) is 3.33. The number of hydrogen-bond acceptors (Lipinski definition) is 2. The molecule has 0 saturated heterocycles. The topological polar surface area (TPSA) is 12.9 Å². The summed E-state index contributed by atoms with van der Waals surface area (Å²) in [6, 6.07) is 0. The maximum atomic E-state index is 12.8. The minimum Gasteiger partial charge on any atom is -0.231 e. The van der Waals surface area contributed by atoms with Crippen LogP contribution in [0.25, 0.3) is 0 Å². The van der Waals surface area contributed by atoms with Gasteiger partial charge in [0, 0.05) is 5.41 Å². The Morgan fingerprint density at radius 2 is 2.00 bits per heavy atom. The van der Waals surface area contributed by atoms with Crippen LogP contribution in [0.1, 0.15) is 25.8 Å². The Hall–Kier alpha value is 0.290. The van der Waals surface area contributed by atoms with E-state index in [0.29, 0.717) is 3.70 Å². The van der Waals surface area contributed by atoms with Gasteiger partial charge in [0.25, 0.3) is 0 Å². The van der Waals surface area contributed by atoms with Gasteiger partial charge in [-0.05, 0) is 22.6 Å². The second kappa shape index (κ2) is 2.97. The summed E-state index contributed by atoms with van der Waals surface area (Å²) in [6.07, 6.45) is 0. The molecule has 1 aromatic rings. The number of halogens is 2. The largest absolute Gasteiger partial charge is 0.231 e. The molecule has 0 aromatic carbocycles. The van der Waals surface area contributed by atoms with Crippen molar-refractivity contribution >= 4 is 33.9 Å². The van der Waals surface area contributed by atoms with E-state index >= 15 is 0 Å². The quantitative estimate of drug-likeness (QED) is 0.667. The first-order chi connectivity index (χ1) is 4.91. The Morgan fingerprint density at radius 1 is 1.45 bits per heavy atom. The third-order valence-corrected chi connectivity index (χ3v) is 3.54. The van der Waals surface area contributed by atoms with E-state index in [-0.39, 0.29) is 10.5 Å². The fourth-order valence-electron chi connectivity index (χ4n) is 0.604. The van der Waals surface area contributed by atoms with E-state index in [1.807, 2.05) is 43.4 Å². The highest BCUT2D eigenvalue weighted by Crippen LogP contribution is 2.28. The summed E-state index contributed by atoms with van der Waals surface area (Å²) in [5.41, 5.74) is -0.0328. The van der Waals surface area contributed by atoms with Crippen molar-refractivity contribution in [2.24, 2.45) is 0 Å². The van der Waals surface area contributed by atoms with Crippen molar-refractivity contribution in [3.05, 3.63) is 13.8 Å². The Morgan fingerprint density at radius 3 is 2.18 bits per heavy atom. The molecule has 0 unspecified atom stereocenters. The third-order valence-electron chi connectivity index (χ3n) is 1.19. The summed E-state index contributed by atoms with van der Waals surface area (Å²) in [5, 5.41) is 0.690. The van der Waals surface area contributed by atoms with Crippen molar-refractivity contribution in [1.29, 1.82) is 0 Å². The summed E-state index contributed by atoms with van der Waals surface area (Å²) < 4.78 is 13.3. The maximum Gasteiger partial charge on any atom is 0.210 e. The zero-order valence-corrected chi connectivity index (χ0v) is 9.59. The minimum absolute atomic E-state index is 0.0328. The Bertz CT molecular complexity index is 244. The molecule has 0 aliphatic heterocycles. The van der Waals surface area contributed by atoms with Crippen molar-refractivity contribution < 1.29 is 4.39 Å². The van der Waals surface area contributed by atoms with E-state index in [1.165, 1.54) is 0 Å². The fourth-order valence-corrected chi connectivity index (χ4v) is 2.08. The molecule has 0 N–H and O–H groups in total. The normalized spacial score (nSPS) is 12.1. The van der Waals surface area contributed by atoms with Gasteiger partial charge in [-0.25, -0.2) is 4.98 Å². The SMILES string of the molecule is CC(C)(C)c1nc(I)c(F)s1. The van der Waals surface area contributed by atoms with Crippen LogP contribution in [0, 0.1) is 8.83 Å². The van der Waals surface area contributed by atoms with Crippen LogP contribution in [0.3, 0.4) is 0 Å². The van der Waals surface area contributed by atoms with E-state index in [4.69, 9.17) is 0 Å². The van der Waals surface area contributed by atoms with E-state index in [1.54, 1.807) is 0 Å². The minimum atomic E-state index is -0.171. The zero-order chi connectivity index (χ0) is 8.65. The molecule has 0 aliphatic rings. The predicted octanol–water partition coefficient (Wildman–Crippen LogP) is 3.18. The summed E-state index contributed by atoms with van der Waals surface area (Å²) >= 11 is 3.05. The lowest BCUT2D eigenvalue weighted by molar-refractivity contribution is 0.583. The lowest BCUT2D eigenvalue weighted by Gasteiger charge is -2.12. The molecule has 0 radical (unpaired) electrons. The molecule has 0 aliphatic carbocycles. The van der Waals surface area contributed by atoms with Gasteiger partial charge in [-0.2, -0.15) is 4.39 Å². The van der Waals surface area contributed by atoms with E-state index in [0.717, 1.165) is 16.3 Å². The molecular formula is C7H9FINS. The average molecular weight is 285 g/mol. The molecular weight excluding hydrogens is 276 g/mol. The zero-order valence-electron chi connectivity index (χ0n) is 6.61. The Balaban J connectivity index is 3.08. The molecule has 4 heteroatoms. The van der Waals surface area contributed by atoms with E-state index in [2.05, 4.69) is 4.98 Å². The standard InChI is InChI=1S/C7H9FINS/c1-7(2,3)6-10-5(9)4(8)11-6/h1-3H3. The smallest absolute Gasteiger partial charge is 0.210 e. The molecule has 0 spiro atoms. The molecule has 0 amide bonds. The van der Waals surface area contributed by atoms with Gasteiger partial charge in [-0.1, -0.05) is 32.1 Å². The number of rotatable bonds is 0.